The van der Waals surface area contributed by atoms with Crippen molar-refractivity contribution in [1.82, 2.24) is 0 Å². The molecule has 12 heavy (non-hydrogen) atoms. The molecule has 1 aromatic carbocycles. The molecule has 0 aliphatic carbocycles. The third-order valence-corrected chi connectivity index (χ3v) is 2.53. The van der Waals surface area contributed by atoms with E-state index in [1.807, 2.05) is 0 Å². The molecule has 0 bridgehead atoms. The third-order valence-electron chi connectivity index (χ3n) is 1.90. The van der Waals surface area contributed by atoms with Crippen LogP contribution in [0.2, 0.25) is 0 Å². The Morgan fingerprint density at radius 2 is 2.33 bits per heavy atom. The molecule has 0 saturated carbocycles. The van der Waals surface area contributed by atoms with E-state index in [-0.39, 0.29) is 11.8 Å². The molecular weight excluding hydrogens is 222 g/mol. The average Bonchev–Trinajstić information content (AvgIpc) is 2.35. The van der Waals surface area contributed by atoms with Gasteiger partial charge < -0.3 is 15.6 Å². The monoisotopic (exact) mass is 229 g/mol. The summed E-state index contributed by atoms with van der Waals surface area (Å²) in [4.78, 5) is 0. The summed E-state index contributed by atoms with van der Waals surface area (Å²) in [5.41, 5.74) is 6.58. The third kappa shape index (κ3) is 1.07. The summed E-state index contributed by atoms with van der Waals surface area (Å²) in [6.07, 6.45) is 0. The zero-order valence-electron chi connectivity index (χ0n) is 6.25. The van der Waals surface area contributed by atoms with E-state index < -0.39 is 0 Å². The fraction of sp³-hybridized carbons (Fsp3) is 0.250. The number of rotatable bonds is 0. The second-order valence-corrected chi connectivity index (χ2v) is 3.61. The molecule has 0 amide bonds. The molecule has 0 aromatic heterocycles. The lowest BCUT2D eigenvalue weighted by molar-refractivity contribution is 0.333. The number of fused-ring (bicyclic) bond motifs is 1. The fourth-order valence-electron chi connectivity index (χ4n) is 1.24. The SMILES string of the molecule is NC1COc2cc(Br)c(O)cc21. The number of halogens is 1. The Bertz CT molecular complexity index is 327. The predicted molar refractivity (Wildman–Crippen MR) is 48.2 cm³/mol. The first-order valence-electron chi connectivity index (χ1n) is 3.59. The minimum atomic E-state index is -0.112. The van der Waals surface area contributed by atoms with E-state index in [4.69, 9.17) is 10.5 Å². The highest BCUT2D eigenvalue weighted by Crippen LogP contribution is 2.38. The van der Waals surface area contributed by atoms with E-state index in [9.17, 15) is 5.11 Å². The Morgan fingerprint density at radius 1 is 1.58 bits per heavy atom. The van der Waals surface area contributed by atoms with Crippen LogP contribution in [0.5, 0.6) is 11.5 Å². The van der Waals surface area contributed by atoms with E-state index in [1.54, 1.807) is 12.1 Å². The Balaban J connectivity index is 2.56. The van der Waals surface area contributed by atoms with Crippen molar-refractivity contribution in [2.24, 2.45) is 5.73 Å². The van der Waals surface area contributed by atoms with Crippen LogP contribution in [-0.2, 0) is 0 Å². The van der Waals surface area contributed by atoms with Crippen LogP contribution in [0.3, 0.4) is 0 Å². The van der Waals surface area contributed by atoms with Crippen molar-refractivity contribution in [3.63, 3.8) is 0 Å². The van der Waals surface area contributed by atoms with Crippen molar-refractivity contribution in [2.75, 3.05) is 6.61 Å². The van der Waals surface area contributed by atoms with Gasteiger partial charge in [0, 0.05) is 5.56 Å². The summed E-state index contributed by atoms with van der Waals surface area (Å²) in [5, 5.41) is 9.34. The number of nitrogens with two attached hydrogens (primary N) is 1. The van der Waals surface area contributed by atoms with Crippen LogP contribution in [-0.4, -0.2) is 11.7 Å². The molecule has 1 aromatic rings. The smallest absolute Gasteiger partial charge is 0.130 e. The molecule has 1 aliphatic rings. The van der Waals surface area contributed by atoms with Gasteiger partial charge in [-0.2, -0.15) is 0 Å². The molecule has 1 heterocycles. The Hall–Kier alpha value is -0.740. The van der Waals surface area contributed by atoms with Crippen molar-refractivity contribution in [3.8, 4) is 11.5 Å². The predicted octanol–water partition coefficient (Wildman–Crippen LogP) is 1.55. The molecule has 1 unspecified atom stereocenters. The first kappa shape index (κ1) is 7.89. The zero-order valence-corrected chi connectivity index (χ0v) is 7.84. The molecule has 4 heteroatoms. The number of phenols is 1. The van der Waals surface area contributed by atoms with Gasteiger partial charge in [-0.25, -0.2) is 0 Å². The quantitative estimate of drug-likeness (QED) is 0.710. The first-order chi connectivity index (χ1) is 5.68. The fourth-order valence-corrected chi connectivity index (χ4v) is 1.57. The molecule has 0 spiro atoms. The molecule has 2 rings (SSSR count). The lowest BCUT2D eigenvalue weighted by atomic mass is 10.1. The minimum absolute atomic E-state index is 0.112. The summed E-state index contributed by atoms with van der Waals surface area (Å²) >= 11 is 3.20. The maximum absolute atomic E-state index is 9.34. The lowest BCUT2D eigenvalue weighted by Gasteiger charge is -2.02. The molecule has 1 aliphatic heterocycles. The van der Waals surface area contributed by atoms with E-state index in [0.29, 0.717) is 11.1 Å². The van der Waals surface area contributed by atoms with Crippen LogP contribution in [0.4, 0.5) is 0 Å². The van der Waals surface area contributed by atoms with E-state index in [2.05, 4.69) is 15.9 Å². The van der Waals surface area contributed by atoms with Gasteiger partial charge in [0.25, 0.3) is 0 Å². The van der Waals surface area contributed by atoms with Crippen molar-refractivity contribution >= 4 is 15.9 Å². The van der Waals surface area contributed by atoms with E-state index in [1.165, 1.54) is 0 Å². The lowest BCUT2D eigenvalue weighted by Crippen LogP contribution is -2.10. The van der Waals surface area contributed by atoms with Crippen LogP contribution >= 0.6 is 15.9 Å². The van der Waals surface area contributed by atoms with E-state index in [0.717, 1.165) is 11.3 Å². The molecular formula is C8H8BrNO2. The molecule has 1 atom stereocenters. The van der Waals surface area contributed by atoms with Gasteiger partial charge >= 0.3 is 0 Å². The van der Waals surface area contributed by atoms with Gasteiger partial charge in [-0.1, -0.05) is 0 Å². The minimum Gasteiger partial charge on any atom is -0.507 e. The number of ether oxygens (including phenoxy) is 1. The van der Waals surface area contributed by atoms with Crippen molar-refractivity contribution < 1.29 is 9.84 Å². The number of aromatic hydroxyl groups is 1. The van der Waals surface area contributed by atoms with Gasteiger partial charge in [0.15, 0.2) is 0 Å². The highest BCUT2D eigenvalue weighted by molar-refractivity contribution is 9.10. The van der Waals surface area contributed by atoms with Gasteiger partial charge in [-0.05, 0) is 28.1 Å². The summed E-state index contributed by atoms with van der Waals surface area (Å²) in [7, 11) is 0. The van der Waals surface area contributed by atoms with Crippen molar-refractivity contribution in [3.05, 3.63) is 22.2 Å². The van der Waals surface area contributed by atoms with Gasteiger partial charge in [0.1, 0.15) is 18.1 Å². The van der Waals surface area contributed by atoms with Crippen LogP contribution in [0, 0.1) is 0 Å². The molecule has 64 valence electrons. The number of phenolic OH excluding ortho intramolecular Hbond substituents is 1. The van der Waals surface area contributed by atoms with Gasteiger partial charge in [-0.15, -0.1) is 0 Å². The number of benzene rings is 1. The second-order valence-electron chi connectivity index (χ2n) is 2.76. The Morgan fingerprint density at radius 3 is 3.08 bits per heavy atom. The normalized spacial score (nSPS) is 20.3. The van der Waals surface area contributed by atoms with Crippen LogP contribution < -0.4 is 10.5 Å². The Kier molecular flexibility index (Phi) is 1.73. The molecule has 3 N–H and O–H groups in total. The van der Waals surface area contributed by atoms with Gasteiger partial charge in [0.2, 0.25) is 0 Å². The summed E-state index contributed by atoms with van der Waals surface area (Å²) < 4.78 is 5.92. The summed E-state index contributed by atoms with van der Waals surface area (Å²) in [6.45, 7) is 0.491. The van der Waals surface area contributed by atoms with Gasteiger partial charge in [0.05, 0.1) is 10.5 Å². The van der Waals surface area contributed by atoms with Crippen molar-refractivity contribution in [2.45, 2.75) is 6.04 Å². The van der Waals surface area contributed by atoms with Gasteiger partial charge in [-0.3, -0.25) is 0 Å². The van der Waals surface area contributed by atoms with Crippen LogP contribution in [0.15, 0.2) is 16.6 Å². The van der Waals surface area contributed by atoms with Crippen LogP contribution in [0.25, 0.3) is 0 Å². The van der Waals surface area contributed by atoms with Crippen LogP contribution in [0.1, 0.15) is 11.6 Å². The zero-order chi connectivity index (χ0) is 8.72. The molecule has 3 nitrogen and oxygen atoms in total. The maximum atomic E-state index is 9.34. The van der Waals surface area contributed by atoms with E-state index >= 15 is 0 Å². The second kappa shape index (κ2) is 2.64. The molecule has 0 fully saturated rings. The Labute approximate surface area is 78.3 Å². The average molecular weight is 230 g/mol. The topological polar surface area (TPSA) is 55.5 Å². The standard InChI is InChI=1S/C8H8BrNO2/c9-5-2-8-4(1-7(5)11)6(10)3-12-8/h1-2,6,11H,3,10H2. The highest BCUT2D eigenvalue weighted by Gasteiger charge is 2.21. The van der Waals surface area contributed by atoms with Crippen molar-refractivity contribution in [1.29, 1.82) is 0 Å². The molecule has 0 radical (unpaired) electrons. The highest BCUT2D eigenvalue weighted by atomic mass is 79.9. The maximum Gasteiger partial charge on any atom is 0.130 e. The summed E-state index contributed by atoms with van der Waals surface area (Å²) in [5.74, 6) is 0.960. The number of hydrogen-bond acceptors (Lipinski definition) is 3. The number of hydrogen-bond donors (Lipinski definition) is 2. The summed E-state index contributed by atoms with van der Waals surface area (Å²) in [6, 6.07) is 3.26. The largest absolute Gasteiger partial charge is 0.507 e. The first-order valence-corrected chi connectivity index (χ1v) is 4.38. The molecule has 0 saturated heterocycles.